The Balaban J connectivity index is 0.00000272. The number of nitrogens with zero attached hydrogens (tertiary/aromatic N) is 4. The molecule has 0 unspecified atom stereocenters. The lowest BCUT2D eigenvalue weighted by Crippen LogP contribution is -2.51. The molecule has 2 fully saturated rings. The van der Waals surface area contributed by atoms with Crippen LogP contribution in [0.3, 0.4) is 0 Å². The van der Waals surface area contributed by atoms with Gasteiger partial charge in [0.15, 0.2) is 11.1 Å². The Morgan fingerprint density at radius 3 is 2.52 bits per heavy atom. The molecule has 170 valence electrons. The fourth-order valence-electron chi connectivity index (χ4n) is 4.20. The molecule has 2 aromatic rings. The van der Waals surface area contributed by atoms with Crippen LogP contribution in [0.1, 0.15) is 25.3 Å². The summed E-state index contributed by atoms with van der Waals surface area (Å²) >= 11 is 1.68. The topological polar surface area (TPSA) is 76.2 Å². The SMILES string of the molecule is CCOc1ccc(C2(CN=C(N)N3CCN(c4nccs4)CC3)CCOCC2)cc1.I. The van der Waals surface area contributed by atoms with Crippen LogP contribution < -0.4 is 15.4 Å². The summed E-state index contributed by atoms with van der Waals surface area (Å²) in [5.41, 5.74) is 7.68. The van der Waals surface area contributed by atoms with Crippen molar-refractivity contribution >= 4 is 46.4 Å². The van der Waals surface area contributed by atoms with E-state index in [0.717, 1.165) is 63.1 Å². The number of anilines is 1. The van der Waals surface area contributed by atoms with Gasteiger partial charge in [0, 0.05) is 56.4 Å². The van der Waals surface area contributed by atoms with E-state index in [9.17, 15) is 0 Å². The van der Waals surface area contributed by atoms with Crippen LogP contribution in [0.4, 0.5) is 5.13 Å². The Morgan fingerprint density at radius 1 is 1.19 bits per heavy atom. The van der Waals surface area contributed by atoms with Crippen LogP contribution in [-0.4, -0.2) is 68.4 Å². The standard InChI is InChI=1S/C22H31N5O2S.HI/c1-2-29-19-5-3-18(4-6-19)22(7-14-28-15-8-22)17-25-20(23)26-10-12-27(13-11-26)21-24-9-16-30-21;/h3-6,9,16H,2,7-8,10-15,17H2,1H3,(H2,23,25);1H. The third-order valence-corrected chi connectivity index (χ3v) is 6.90. The van der Waals surface area contributed by atoms with Crippen LogP contribution in [0, 0.1) is 0 Å². The highest BCUT2D eigenvalue weighted by molar-refractivity contribution is 14.0. The second-order valence-corrected chi connectivity index (χ2v) is 8.69. The normalized spacial score (nSPS) is 19.1. The number of aliphatic imine (C=N–C) groups is 1. The number of hydrogen-bond donors (Lipinski definition) is 1. The Hall–Kier alpha value is -1.59. The first-order valence-electron chi connectivity index (χ1n) is 10.7. The van der Waals surface area contributed by atoms with Crippen molar-refractivity contribution in [1.82, 2.24) is 9.88 Å². The van der Waals surface area contributed by atoms with Crippen molar-refractivity contribution in [2.24, 2.45) is 10.7 Å². The van der Waals surface area contributed by atoms with Crippen molar-refractivity contribution in [3.8, 4) is 5.75 Å². The zero-order chi connectivity index (χ0) is 20.8. The molecule has 0 bridgehead atoms. The molecule has 3 heterocycles. The van der Waals surface area contributed by atoms with Gasteiger partial charge in [-0.15, -0.1) is 35.3 Å². The summed E-state index contributed by atoms with van der Waals surface area (Å²) in [4.78, 5) is 13.8. The Kier molecular flexibility index (Phi) is 8.79. The van der Waals surface area contributed by atoms with Crippen molar-refractivity contribution in [3.05, 3.63) is 41.4 Å². The van der Waals surface area contributed by atoms with Crippen LogP contribution in [0.5, 0.6) is 5.75 Å². The molecule has 7 nitrogen and oxygen atoms in total. The lowest BCUT2D eigenvalue weighted by Gasteiger charge is -2.38. The molecule has 2 saturated heterocycles. The predicted molar refractivity (Wildman–Crippen MR) is 137 cm³/mol. The third kappa shape index (κ3) is 5.81. The number of ether oxygens (including phenoxy) is 2. The summed E-state index contributed by atoms with van der Waals surface area (Å²) < 4.78 is 11.3. The van der Waals surface area contributed by atoms with Gasteiger partial charge in [-0.1, -0.05) is 12.1 Å². The second-order valence-electron chi connectivity index (χ2n) is 7.81. The van der Waals surface area contributed by atoms with E-state index in [1.165, 1.54) is 5.56 Å². The molecule has 0 amide bonds. The molecule has 2 aliphatic rings. The number of rotatable bonds is 6. The minimum atomic E-state index is -0.0314. The van der Waals surface area contributed by atoms with Crippen LogP contribution in [0.15, 0.2) is 40.8 Å². The third-order valence-electron chi connectivity index (χ3n) is 6.06. The van der Waals surface area contributed by atoms with E-state index in [2.05, 4.69) is 39.0 Å². The number of hydrogen-bond acceptors (Lipinski definition) is 6. The first-order valence-corrected chi connectivity index (χ1v) is 11.6. The number of thiazole rings is 1. The molecule has 1 aromatic heterocycles. The molecular formula is C22H32IN5O2S. The number of aromatic nitrogens is 1. The highest BCUT2D eigenvalue weighted by Gasteiger charge is 2.34. The van der Waals surface area contributed by atoms with Crippen molar-refractivity contribution in [1.29, 1.82) is 0 Å². The maximum absolute atomic E-state index is 6.42. The molecule has 2 N–H and O–H groups in total. The van der Waals surface area contributed by atoms with E-state index < -0.39 is 0 Å². The van der Waals surface area contributed by atoms with Gasteiger partial charge in [0.25, 0.3) is 0 Å². The number of benzene rings is 1. The monoisotopic (exact) mass is 557 g/mol. The highest BCUT2D eigenvalue weighted by Crippen LogP contribution is 2.36. The number of guanidine groups is 1. The zero-order valence-corrected chi connectivity index (χ0v) is 21.2. The molecule has 0 atom stereocenters. The molecular weight excluding hydrogens is 525 g/mol. The van der Waals surface area contributed by atoms with Crippen molar-refractivity contribution in [3.63, 3.8) is 0 Å². The highest BCUT2D eigenvalue weighted by atomic mass is 127. The predicted octanol–water partition coefficient (Wildman–Crippen LogP) is 3.34. The van der Waals surface area contributed by atoms with Gasteiger partial charge in [0.05, 0.1) is 13.2 Å². The molecule has 1 aromatic carbocycles. The van der Waals surface area contributed by atoms with Crippen LogP contribution in [0.2, 0.25) is 0 Å². The molecule has 0 radical (unpaired) electrons. The Labute approximate surface area is 205 Å². The summed E-state index contributed by atoms with van der Waals surface area (Å²) in [6.45, 7) is 8.45. The fourth-order valence-corrected chi connectivity index (χ4v) is 4.90. The van der Waals surface area contributed by atoms with Crippen LogP contribution in [-0.2, 0) is 10.2 Å². The second kappa shape index (κ2) is 11.3. The van der Waals surface area contributed by atoms with Gasteiger partial charge in [-0.2, -0.15) is 0 Å². The number of piperazine rings is 1. The van der Waals surface area contributed by atoms with Gasteiger partial charge in [-0.3, -0.25) is 4.99 Å². The number of halogens is 1. The molecule has 0 aliphatic carbocycles. The van der Waals surface area contributed by atoms with E-state index in [0.29, 0.717) is 19.1 Å². The average molecular weight is 558 g/mol. The fraction of sp³-hybridized carbons (Fsp3) is 0.545. The molecule has 2 aliphatic heterocycles. The summed E-state index contributed by atoms with van der Waals surface area (Å²) in [5, 5.41) is 3.10. The minimum Gasteiger partial charge on any atom is -0.494 e. The number of nitrogens with two attached hydrogens (primary N) is 1. The van der Waals surface area contributed by atoms with E-state index in [1.54, 1.807) is 11.3 Å². The lowest BCUT2D eigenvalue weighted by molar-refractivity contribution is 0.0530. The largest absolute Gasteiger partial charge is 0.494 e. The summed E-state index contributed by atoms with van der Waals surface area (Å²) in [6.07, 6.45) is 3.77. The van der Waals surface area contributed by atoms with E-state index in [4.69, 9.17) is 20.2 Å². The maximum atomic E-state index is 6.42. The van der Waals surface area contributed by atoms with Crippen molar-refractivity contribution < 1.29 is 9.47 Å². The average Bonchev–Trinajstić information content (AvgIpc) is 3.34. The zero-order valence-electron chi connectivity index (χ0n) is 18.0. The van der Waals surface area contributed by atoms with Gasteiger partial charge < -0.3 is 25.0 Å². The minimum absolute atomic E-state index is 0. The van der Waals surface area contributed by atoms with Crippen molar-refractivity contribution in [2.75, 3.05) is 57.4 Å². The first kappa shape index (κ1) is 24.1. The maximum Gasteiger partial charge on any atom is 0.191 e. The van der Waals surface area contributed by atoms with Gasteiger partial charge >= 0.3 is 0 Å². The van der Waals surface area contributed by atoms with Gasteiger partial charge in [0.2, 0.25) is 0 Å². The van der Waals surface area contributed by atoms with Gasteiger partial charge in [-0.25, -0.2) is 4.98 Å². The summed E-state index contributed by atoms with van der Waals surface area (Å²) in [6, 6.07) is 8.46. The molecule has 31 heavy (non-hydrogen) atoms. The molecule has 0 spiro atoms. The van der Waals surface area contributed by atoms with Crippen molar-refractivity contribution in [2.45, 2.75) is 25.2 Å². The molecule has 4 rings (SSSR count). The van der Waals surface area contributed by atoms with E-state index in [1.807, 2.05) is 18.5 Å². The Bertz CT molecular complexity index is 817. The summed E-state index contributed by atoms with van der Waals surface area (Å²) in [7, 11) is 0. The van der Waals surface area contributed by atoms with E-state index >= 15 is 0 Å². The van der Waals surface area contributed by atoms with Crippen LogP contribution >= 0.6 is 35.3 Å². The van der Waals surface area contributed by atoms with Crippen LogP contribution in [0.25, 0.3) is 0 Å². The van der Waals surface area contributed by atoms with E-state index in [-0.39, 0.29) is 29.4 Å². The molecule has 0 saturated carbocycles. The lowest BCUT2D eigenvalue weighted by atomic mass is 9.74. The summed E-state index contributed by atoms with van der Waals surface area (Å²) in [5.74, 6) is 1.55. The van der Waals surface area contributed by atoms with Gasteiger partial charge in [-0.05, 0) is 37.5 Å². The smallest absolute Gasteiger partial charge is 0.191 e. The quantitative estimate of drug-likeness (QED) is 0.334. The Morgan fingerprint density at radius 2 is 1.90 bits per heavy atom. The molecule has 9 heteroatoms. The first-order chi connectivity index (χ1) is 14.7. The van der Waals surface area contributed by atoms with Gasteiger partial charge in [0.1, 0.15) is 5.75 Å².